The lowest BCUT2D eigenvalue weighted by molar-refractivity contribution is 0.0506. The summed E-state index contributed by atoms with van der Waals surface area (Å²) in [6.07, 6.45) is 4.95. The Morgan fingerprint density at radius 2 is 1.86 bits per heavy atom. The number of hydrogen-bond donors (Lipinski definition) is 1. The van der Waals surface area contributed by atoms with E-state index in [0.29, 0.717) is 17.3 Å². The topological polar surface area (TPSA) is 35.2 Å². The Morgan fingerprint density at radius 3 is 2.33 bits per heavy atom. The third kappa shape index (κ3) is 3.60. The summed E-state index contributed by atoms with van der Waals surface area (Å²) < 4.78 is 6.29. The fourth-order valence-electron chi connectivity index (χ4n) is 3.49. The van der Waals surface area contributed by atoms with Crippen LogP contribution in [0.2, 0.25) is 0 Å². The van der Waals surface area contributed by atoms with Gasteiger partial charge in [-0.05, 0) is 49.3 Å². The van der Waals surface area contributed by atoms with Crippen molar-refractivity contribution in [1.29, 1.82) is 0 Å². The van der Waals surface area contributed by atoms with Crippen molar-refractivity contribution in [2.45, 2.75) is 65.2 Å². The molecule has 118 valence electrons. The van der Waals surface area contributed by atoms with E-state index < -0.39 is 0 Å². The maximum Gasteiger partial charge on any atom is 0.123 e. The van der Waals surface area contributed by atoms with Crippen LogP contribution < -0.4 is 10.5 Å². The maximum absolute atomic E-state index is 6.29. The molecular weight excluding hydrogens is 258 g/mol. The molecule has 1 aromatic carbocycles. The zero-order chi connectivity index (χ0) is 15.5. The first-order valence-electron chi connectivity index (χ1n) is 8.45. The predicted octanol–water partition coefficient (Wildman–Crippen LogP) is 4.83. The van der Waals surface area contributed by atoms with Crippen molar-refractivity contribution in [2.24, 2.45) is 11.1 Å². The molecule has 0 aromatic heterocycles. The summed E-state index contributed by atoms with van der Waals surface area (Å²) in [6, 6.07) is 6.51. The van der Waals surface area contributed by atoms with E-state index in [1.807, 2.05) is 0 Å². The highest BCUT2D eigenvalue weighted by Gasteiger charge is 2.37. The van der Waals surface area contributed by atoms with Gasteiger partial charge in [-0.15, -0.1) is 0 Å². The third-order valence-corrected chi connectivity index (χ3v) is 4.92. The van der Waals surface area contributed by atoms with Crippen molar-refractivity contribution in [3.63, 3.8) is 0 Å². The van der Waals surface area contributed by atoms with E-state index in [9.17, 15) is 0 Å². The van der Waals surface area contributed by atoms with Crippen LogP contribution >= 0.6 is 0 Å². The average molecular weight is 289 g/mol. The van der Waals surface area contributed by atoms with Gasteiger partial charge in [0.1, 0.15) is 5.75 Å². The van der Waals surface area contributed by atoms with Gasteiger partial charge in [-0.2, -0.15) is 0 Å². The summed E-state index contributed by atoms with van der Waals surface area (Å²) in [4.78, 5) is 0. The highest BCUT2D eigenvalue weighted by atomic mass is 16.5. The summed E-state index contributed by atoms with van der Waals surface area (Å²) in [5, 5.41) is 0. The molecule has 0 amide bonds. The van der Waals surface area contributed by atoms with Crippen molar-refractivity contribution < 1.29 is 4.74 Å². The van der Waals surface area contributed by atoms with E-state index in [4.69, 9.17) is 10.5 Å². The lowest BCUT2D eigenvalue weighted by atomic mass is 9.67. The van der Waals surface area contributed by atoms with Crippen LogP contribution in [-0.2, 0) is 0 Å². The second-order valence-electron chi connectivity index (χ2n) is 7.25. The largest absolute Gasteiger partial charge is 0.493 e. The first-order valence-corrected chi connectivity index (χ1v) is 8.45. The van der Waals surface area contributed by atoms with Crippen molar-refractivity contribution in [3.8, 4) is 5.75 Å². The maximum atomic E-state index is 6.29. The standard InChI is InChI=1S/C19H31NO/c1-14(2)16-7-5-8-17(18(16)15(3)4)21-13-19(11-12-20)9-6-10-19/h5,7-8,14-15H,6,9-13,20H2,1-4H3. The van der Waals surface area contributed by atoms with Gasteiger partial charge in [0.15, 0.2) is 0 Å². The van der Waals surface area contributed by atoms with E-state index >= 15 is 0 Å². The molecule has 1 aliphatic carbocycles. The first-order chi connectivity index (χ1) is 9.99. The smallest absolute Gasteiger partial charge is 0.123 e. The van der Waals surface area contributed by atoms with Crippen LogP contribution in [0.5, 0.6) is 5.75 Å². The molecule has 0 radical (unpaired) electrons. The summed E-state index contributed by atoms with van der Waals surface area (Å²) in [6.45, 7) is 10.6. The monoisotopic (exact) mass is 289 g/mol. The zero-order valence-corrected chi connectivity index (χ0v) is 14.1. The van der Waals surface area contributed by atoms with Crippen LogP contribution in [0.3, 0.4) is 0 Å². The molecule has 0 aliphatic heterocycles. The molecule has 1 saturated carbocycles. The van der Waals surface area contributed by atoms with E-state index in [-0.39, 0.29) is 0 Å². The van der Waals surface area contributed by atoms with Crippen molar-refractivity contribution >= 4 is 0 Å². The number of ether oxygens (including phenoxy) is 1. The lowest BCUT2D eigenvalue weighted by Gasteiger charge is -2.41. The van der Waals surface area contributed by atoms with Crippen molar-refractivity contribution in [1.82, 2.24) is 0 Å². The van der Waals surface area contributed by atoms with E-state index in [2.05, 4.69) is 45.9 Å². The van der Waals surface area contributed by atoms with Crippen LogP contribution in [-0.4, -0.2) is 13.2 Å². The molecule has 0 unspecified atom stereocenters. The van der Waals surface area contributed by atoms with Gasteiger partial charge in [0, 0.05) is 11.0 Å². The van der Waals surface area contributed by atoms with Crippen molar-refractivity contribution in [3.05, 3.63) is 29.3 Å². The number of nitrogens with two attached hydrogens (primary N) is 1. The summed E-state index contributed by atoms with van der Waals surface area (Å²) in [5.41, 5.74) is 8.93. The zero-order valence-electron chi connectivity index (χ0n) is 14.1. The summed E-state index contributed by atoms with van der Waals surface area (Å²) >= 11 is 0. The average Bonchev–Trinajstić information content (AvgIpc) is 2.40. The van der Waals surface area contributed by atoms with E-state index in [0.717, 1.165) is 25.3 Å². The fourth-order valence-corrected chi connectivity index (χ4v) is 3.49. The molecule has 21 heavy (non-hydrogen) atoms. The highest BCUT2D eigenvalue weighted by Crippen LogP contribution is 2.44. The Labute approximate surface area is 130 Å². The van der Waals surface area contributed by atoms with Crippen molar-refractivity contribution in [2.75, 3.05) is 13.2 Å². The molecule has 0 spiro atoms. The van der Waals surface area contributed by atoms with Gasteiger partial charge >= 0.3 is 0 Å². The summed E-state index contributed by atoms with van der Waals surface area (Å²) in [5.74, 6) is 2.11. The molecule has 0 saturated heterocycles. The molecule has 0 bridgehead atoms. The molecule has 1 aromatic rings. The quantitative estimate of drug-likeness (QED) is 0.780. The second kappa shape index (κ2) is 6.83. The van der Waals surface area contributed by atoms with Gasteiger partial charge in [-0.25, -0.2) is 0 Å². The second-order valence-corrected chi connectivity index (χ2v) is 7.25. The van der Waals surface area contributed by atoms with Crippen LogP contribution in [0.1, 0.15) is 76.3 Å². The Morgan fingerprint density at radius 1 is 1.14 bits per heavy atom. The van der Waals surface area contributed by atoms with E-state index in [1.54, 1.807) is 0 Å². The molecule has 0 atom stereocenters. The van der Waals surface area contributed by atoms with E-state index in [1.165, 1.54) is 30.4 Å². The molecule has 2 rings (SSSR count). The van der Waals surface area contributed by atoms with Crippen LogP contribution in [0.4, 0.5) is 0 Å². The molecular formula is C19H31NO. The van der Waals surface area contributed by atoms with Crippen LogP contribution in [0.15, 0.2) is 18.2 Å². The Hall–Kier alpha value is -1.02. The highest BCUT2D eigenvalue weighted by molar-refractivity contribution is 5.44. The minimum Gasteiger partial charge on any atom is -0.493 e. The van der Waals surface area contributed by atoms with Gasteiger partial charge in [0.2, 0.25) is 0 Å². The number of hydrogen-bond acceptors (Lipinski definition) is 2. The molecule has 1 aliphatic rings. The van der Waals surface area contributed by atoms with Crippen LogP contribution in [0.25, 0.3) is 0 Å². The van der Waals surface area contributed by atoms with Gasteiger partial charge in [-0.1, -0.05) is 46.2 Å². The first kappa shape index (κ1) is 16.4. The number of rotatable bonds is 7. The Kier molecular flexibility index (Phi) is 5.32. The van der Waals surface area contributed by atoms with Gasteiger partial charge < -0.3 is 10.5 Å². The van der Waals surface area contributed by atoms with Gasteiger partial charge in [-0.3, -0.25) is 0 Å². The third-order valence-electron chi connectivity index (χ3n) is 4.92. The molecule has 2 nitrogen and oxygen atoms in total. The van der Waals surface area contributed by atoms with Gasteiger partial charge in [0.25, 0.3) is 0 Å². The Bertz CT molecular complexity index is 461. The van der Waals surface area contributed by atoms with Gasteiger partial charge in [0.05, 0.1) is 6.61 Å². The number of benzene rings is 1. The summed E-state index contributed by atoms with van der Waals surface area (Å²) in [7, 11) is 0. The molecule has 0 heterocycles. The molecule has 2 heteroatoms. The normalized spacial score (nSPS) is 17.1. The minimum absolute atomic E-state index is 0.344. The minimum atomic E-state index is 0.344. The molecule has 1 fully saturated rings. The predicted molar refractivity (Wildman–Crippen MR) is 90.1 cm³/mol. The lowest BCUT2D eigenvalue weighted by Crippen LogP contribution is -2.37. The fraction of sp³-hybridized carbons (Fsp3) is 0.684. The Balaban J connectivity index is 2.18. The molecule has 2 N–H and O–H groups in total. The SMILES string of the molecule is CC(C)c1cccc(OCC2(CCN)CCC2)c1C(C)C. The van der Waals surface area contributed by atoms with Crippen LogP contribution in [0, 0.1) is 5.41 Å².